The molecule has 1 aromatic heterocycles. The molecule has 1 fully saturated rings. The molecule has 0 aliphatic heterocycles. The van der Waals surface area contributed by atoms with Gasteiger partial charge >= 0.3 is 0 Å². The fourth-order valence-electron chi connectivity index (χ4n) is 2.11. The lowest BCUT2D eigenvalue weighted by Gasteiger charge is -2.08. The second-order valence-corrected chi connectivity index (χ2v) is 5.44. The summed E-state index contributed by atoms with van der Waals surface area (Å²) < 4.78 is 5.74. The Bertz CT molecular complexity index is 308. The molecule has 1 N–H and O–H groups in total. The molecule has 1 aliphatic carbocycles. The van der Waals surface area contributed by atoms with E-state index in [1.54, 1.807) is 11.3 Å². The maximum absolute atomic E-state index is 5.74. The van der Waals surface area contributed by atoms with Gasteiger partial charge in [-0.25, -0.2) is 4.98 Å². The third-order valence-corrected chi connectivity index (χ3v) is 3.88. The molecule has 0 saturated heterocycles. The van der Waals surface area contributed by atoms with Crippen LogP contribution in [0.4, 0.5) is 5.13 Å². The molecule has 1 heterocycles. The van der Waals surface area contributed by atoms with E-state index in [9.17, 15) is 0 Å². The van der Waals surface area contributed by atoms with E-state index in [0.717, 1.165) is 30.8 Å². The molecular weight excluding hydrogens is 220 g/mol. The van der Waals surface area contributed by atoms with Gasteiger partial charge in [-0.1, -0.05) is 24.2 Å². The molecule has 0 aromatic carbocycles. The van der Waals surface area contributed by atoms with Gasteiger partial charge in [0.25, 0.3) is 0 Å². The van der Waals surface area contributed by atoms with Gasteiger partial charge in [0.05, 0.1) is 11.5 Å². The van der Waals surface area contributed by atoms with Crippen LogP contribution in [0, 0.1) is 5.92 Å². The second kappa shape index (κ2) is 6.21. The zero-order valence-corrected chi connectivity index (χ0v) is 10.7. The molecule has 16 heavy (non-hydrogen) atoms. The summed E-state index contributed by atoms with van der Waals surface area (Å²) in [5, 5.41) is 4.21. The number of anilines is 1. The first-order chi connectivity index (χ1) is 7.88. The molecule has 1 aromatic rings. The standard InChI is InChI=1S/C12H20N2OS/c1-2-13-12-14-7-11(16-12)9-15-8-10-5-3-4-6-10/h7,10H,2-6,8-9H2,1H3,(H,13,14). The molecule has 1 saturated carbocycles. The van der Waals surface area contributed by atoms with Crippen molar-refractivity contribution in [2.24, 2.45) is 5.92 Å². The van der Waals surface area contributed by atoms with Crippen LogP contribution in [0.5, 0.6) is 0 Å². The molecule has 0 bridgehead atoms. The lowest BCUT2D eigenvalue weighted by molar-refractivity contribution is 0.0905. The zero-order chi connectivity index (χ0) is 11.2. The van der Waals surface area contributed by atoms with Gasteiger partial charge in [-0.05, 0) is 25.7 Å². The second-order valence-electron chi connectivity index (χ2n) is 4.33. The number of nitrogens with one attached hydrogen (secondary N) is 1. The van der Waals surface area contributed by atoms with Gasteiger partial charge in [-0.15, -0.1) is 0 Å². The number of ether oxygens (including phenoxy) is 1. The Labute approximate surface area is 101 Å². The highest BCUT2D eigenvalue weighted by molar-refractivity contribution is 7.15. The number of aromatic nitrogens is 1. The predicted molar refractivity (Wildman–Crippen MR) is 67.9 cm³/mol. The maximum atomic E-state index is 5.74. The maximum Gasteiger partial charge on any atom is 0.182 e. The third-order valence-electron chi connectivity index (χ3n) is 2.95. The topological polar surface area (TPSA) is 34.2 Å². The fraction of sp³-hybridized carbons (Fsp3) is 0.750. The first-order valence-corrected chi connectivity index (χ1v) is 6.96. The number of rotatable bonds is 6. The monoisotopic (exact) mass is 240 g/mol. The Morgan fingerprint density at radius 1 is 1.50 bits per heavy atom. The summed E-state index contributed by atoms with van der Waals surface area (Å²) in [4.78, 5) is 5.50. The van der Waals surface area contributed by atoms with Crippen molar-refractivity contribution in [2.45, 2.75) is 39.2 Å². The largest absolute Gasteiger partial charge is 0.376 e. The van der Waals surface area contributed by atoms with E-state index in [2.05, 4.69) is 17.2 Å². The number of hydrogen-bond donors (Lipinski definition) is 1. The molecule has 0 unspecified atom stereocenters. The van der Waals surface area contributed by atoms with Gasteiger partial charge in [0.15, 0.2) is 5.13 Å². The summed E-state index contributed by atoms with van der Waals surface area (Å²) >= 11 is 1.69. The van der Waals surface area contributed by atoms with Crippen LogP contribution in [-0.2, 0) is 11.3 Å². The number of thiazole rings is 1. The van der Waals surface area contributed by atoms with Gasteiger partial charge in [0.1, 0.15) is 0 Å². The molecule has 3 nitrogen and oxygen atoms in total. The lowest BCUT2D eigenvalue weighted by Crippen LogP contribution is -2.04. The minimum Gasteiger partial charge on any atom is -0.376 e. The van der Waals surface area contributed by atoms with Crippen molar-refractivity contribution in [2.75, 3.05) is 18.5 Å². The SMILES string of the molecule is CCNc1ncc(COCC2CCCC2)s1. The van der Waals surface area contributed by atoms with Crippen LogP contribution >= 0.6 is 11.3 Å². The van der Waals surface area contributed by atoms with E-state index in [1.165, 1.54) is 30.6 Å². The minimum atomic E-state index is 0.722. The Kier molecular flexibility index (Phi) is 4.60. The van der Waals surface area contributed by atoms with Gasteiger partial charge in [-0.3, -0.25) is 0 Å². The Balaban J connectivity index is 1.67. The average Bonchev–Trinajstić information content (AvgIpc) is 2.90. The van der Waals surface area contributed by atoms with Crippen molar-refractivity contribution >= 4 is 16.5 Å². The highest BCUT2D eigenvalue weighted by Gasteiger charge is 2.14. The number of hydrogen-bond acceptors (Lipinski definition) is 4. The van der Waals surface area contributed by atoms with Crippen molar-refractivity contribution in [3.8, 4) is 0 Å². The smallest absolute Gasteiger partial charge is 0.182 e. The van der Waals surface area contributed by atoms with Crippen LogP contribution < -0.4 is 5.32 Å². The highest BCUT2D eigenvalue weighted by Crippen LogP contribution is 2.25. The van der Waals surface area contributed by atoms with Crippen LogP contribution in [-0.4, -0.2) is 18.1 Å². The normalized spacial score (nSPS) is 16.8. The molecule has 0 radical (unpaired) electrons. The van der Waals surface area contributed by atoms with E-state index in [-0.39, 0.29) is 0 Å². The minimum absolute atomic E-state index is 0.722. The van der Waals surface area contributed by atoms with Crippen molar-refractivity contribution in [3.05, 3.63) is 11.1 Å². The van der Waals surface area contributed by atoms with Crippen molar-refractivity contribution < 1.29 is 4.74 Å². The van der Waals surface area contributed by atoms with E-state index in [1.807, 2.05) is 6.20 Å². The predicted octanol–water partition coefficient (Wildman–Crippen LogP) is 3.28. The van der Waals surface area contributed by atoms with E-state index in [4.69, 9.17) is 4.74 Å². The summed E-state index contributed by atoms with van der Waals surface area (Å²) in [6.07, 6.45) is 7.40. The van der Waals surface area contributed by atoms with Gasteiger partial charge in [0.2, 0.25) is 0 Å². The van der Waals surface area contributed by atoms with Gasteiger partial charge in [-0.2, -0.15) is 0 Å². The molecule has 0 atom stereocenters. The van der Waals surface area contributed by atoms with Crippen molar-refractivity contribution in [1.29, 1.82) is 0 Å². The fourth-order valence-corrected chi connectivity index (χ4v) is 2.93. The summed E-state index contributed by atoms with van der Waals surface area (Å²) in [6, 6.07) is 0. The first-order valence-electron chi connectivity index (χ1n) is 6.15. The van der Waals surface area contributed by atoms with E-state index in [0.29, 0.717) is 0 Å². The van der Waals surface area contributed by atoms with Crippen molar-refractivity contribution in [1.82, 2.24) is 4.98 Å². The quantitative estimate of drug-likeness (QED) is 0.828. The zero-order valence-electron chi connectivity index (χ0n) is 9.87. The number of nitrogens with zero attached hydrogens (tertiary/aromatic N) is 1. The summed E-state index contributed by atoms with van der Waals surface area (Å²) in [5.41, 5.74) is 0. The summed E-state index contributed by atoms with van der Waals surface area (Å²) in [7, 11) is 0. The van der Waals surface area contributed by atoms with E-state index < -0.39 is 0 Å². The lowest BCUT2D eigenvalue weighted by atomic mass is 10.1. The summed E-state index contributed by atoms with van der Waals surface area (Å²) in [6.45, 7) is 4.65. The average molecular weight is 240 g/mol. The Morgan fingerprint density at radius 2 is 2.31 bits per heavy atom. The molecule has 2 rings (SSSR count). The van der Waals surface area contributed by atoms with Gasteiger partial charge < -0.3 is 10.1 Å². The van der Waals surface area contributed by atoms with E-state index >= 15 is 0 Å². The van der Waals surface area contributed by atoms with Crippen LogP contribution in [0.1, 0.15) is 37.5 Å². The molecule has 0 amide bonds. The molecule has 1 aliphatic rings. The first kappa shape index (κ1) is 11.9. The molecule has 0 spiro atoms. The Morgan fingerprint density at radius 3 is 3.06 bits per heavy atom. The van der Waals surface area contributed by atoms with Crippen LogP contribution in [0.2, 0.25) is 0 Å². The van der Waals surface area contributed by atoms with Crippen LogP contribution in [0.15, 0.2) is 6.20 Å². The highest BCUT2D eigenvalue weighted by atomic mass is 32.1. The van der Waals surface area contributed by atoms with Crippen LogP contribution in [0.25, 0.3) is 0 Å². The van der Waals surface area contributed by atoms with Crippen molar-refractivity contribution in [3.63, 3.8) is 0 Å². The molecule has 4 heteroatoms. The molecular formula is C12H20N2OS. The Hall–Kier alpha value is -0.610. The van der Waals surface area contributed by atoms with Gasteiger partial charge in [0, 0.05) is 19.3 Å². The molecule has 90 valence electrons. The third kappa shape index (κ3) is 3.46. The van der Waals surface area contributed by atoms with Crippen LogP contribution in [0.3, 0.4) is 0 Å². The summed E-state index contributed by atoms with van der Waals surface area (Å²) in [5.74, 6) is 0.807.